The average molecular weight is 240 g/mol. The van der Waals surface area contributed by atoms with Crippen molar-refractivity contribution in [2.24, 2.45) is 11.8 Å². The molecule has 1 saturated heterocycles. The minimum atomic E-state index is -0.543. The molecule has 0 aromatic heterocycles. The highest BCUT2D eigenvalue weighted by molar-refractivity contribution is 5.89. The van der Waals surface area contributed by atoms with Crippen molar-refractivity contribution in [1.29, 1.82) is 0 Å². The number of rotatable bonds is 5. The van der Waals surface area contributed by atoms with Crippen molar-refractivity contribution in [2.45, 2.75) is 32.3 Å². The Hall–Kier alpha value is -1.10. The van der Waals surface area contributed by atoms with Gasteiger partial charge in [0.1, 0.15) is 0 Å². The zero-order chi connectivity index (χ0) is 12.4. The Bertz CT molecular complexity index is 313. The van der Waals surface area contributed by atoms with Gasteiger partial charge in [0.2, 0.25) is 11.8 Å². The zero-order valence-electron chi connectivity index (χ0n) is 10.2. The van der Waals surface area contributed by atoms with E-state index >= 15 is 0 Å². The van der Waals surface area contributed by atoms with Gasteiger partial charge in [-0.05, 0) is 25.7 Å². The maximum atomic E-state index is 11.7. The SMILES string of the molecule is CC(O)CNC(=O)C1CC(=O)N(CC2CC2)C1. The van der Waals surface area contributed by atoms with Gasteiger partial charge < -0.3 is 15.3 Å². The summed E-state index contributed by atoms with van der Waals surface area (Å²) in [6, 6.07) is 0. The third-order valence-electron chi connectivity index (χ3n) is 3.33. The molecule has 0 aromatic carbocycles. The largest absolute Gasteiger partial charge is 0.392 e. The van der Waals surface area contributed by atoms with E-state index in [0.717, 1.165) is 6.54 Å². The van der Waals surface area contributed by atoms with Crippen LogP contribution in [0.4, 0.5) is 0 Å². The summed E-state index contributed by atoms with van der Waals surface area (Å²) >= 11 is 0. The predicted molar refractivity (Wildman–Crippen MR) is 62.1 cm³/mol. The maximum Gasteiger partial charge on any atom is 0.225 e. The Labute approximate surface area is 101 Å². The first kappa shape index (κ1) is 12.4. The van der Waals surface area contributed by atoms with Crippen LogP contribution in [0.5, 0.6) is 0 Å². The summed E-state index contributed by atoms with van der Waals surface area (Å²) in [5.41, 5.74) is 0. The Balaban J connectivity index is 1.78. The topological polar surface area (TPSA) is 69.6 Å². The third-order valence-corrected chi connectivity index (χ3v) is 3.33. The normalized spacial score (nSPS) is 26.1. The highest BCUT2D eigenvalue weighted by atomic mass is 16.3. The number of likely N-dealkylation sites (tertiary alicyclic amines) is 1. The molecule has 2 aliphatic rings. The maximum absolute atomic E-state index is 11.7. The molecule has 0 bridgehead atoms. The molecule has 2 unspecified atom stereocenters. The van der Waals surface area contributed by atoms with Gasteiger partial charge in [0.15, 0.2) is 0 Å². The van der Waals surface area contributed by atoms with Gasteiger partial charge in [-0.15, -0.1) is 0 Å². The van der Waals surface area contributed by atoms with Gasteiger partial charge in [0, 0.05) is 26.1 Å². The third kappa shape index (κ3) is 3.43. The van der Waals surface area contributed by atoms with E-state index in [-0.39, 0.29) is 24.3 Å². The lowest BCUT2D eigenvalue weighted by atomic mass is 10.1. The Morgan fingerprint density at radius 2 is 2.29 bits per heavy atom. The summed E-state index contributed by atoms with van der Waals surface area (Å²) < 4.78 is 0. The van der Waals surface area contributed by atoms with Crippen LogP contribution in [0, 0.1) is 11.8 Å². The summed E-state index contributed by atoms with van der Waals surface area (Å²) in [7, 11) is 0. The molecule has 2 rings (SSSR count). The first-order chi connectivity index (χ1) is 8.06. The van der Waals surface area contributed by atoms with E-state index in [1.807, 2.05) is 4.90 Å². The second-order valence-corrected chi connectivity index (χ2v) is 5.24. The van der Waals surface area contributed by atoms with Crippen LogP contribution in [-0.4, -0.2) is 47.6 Å². The molecule has 2 amide bonds. The van der Waals surface area contributed by atoms with Crippen molar-refractivity contribution in [3.05, 3.63) is 0 Å². The van der Waals surface area contributed by atoms with Crippen molar-refractivity contribution in [3.63, 3.8) is 0 Å². The average Bonchev–Trinajstić information content (AvgIpc) is 3.00. The van der Waals surface area contributed by atoms with Gasteiger partial charge in [0.05, 0.1) is 12.0 Å². The molecule has 0 radical (unpaired) electrons. The Morgan fingerprint density at radius 1 is 1.59 bits per heavy atom. The van der Waals surface area contributed by atoms with Crippen LogP contribution in [-0.2, 0) is 9.59 Å². The standard InChI is InChI=1S/C12H20N2O3/c1-8(15)5-13-12(17)10-4-11(16)14(7-10)6-9-2-3-9/h8-10,15H,2-7H2,1H3,(H,13,17). The van der Waals surface area contributed by atoms with Crippen molar-refractivity contribution in [3.8, 4) is 0 Å². The van der Waals surface area contributed by atoms with Crippen molar-refractivity contribution in [1.82, 2.24) is 10.2 Å². The lowest BCUT2D eigenvalue weighted by Crippen LogP contribution is -2.36. The van der Waals surface area contributed by atoms with Gasteiger partial charge in [-0.3, -0.25) is 9.59 Å². The molecule has 2 atom stereocenters. The van der Waals surface area contributed by atoms with Crippen LogP contribution in [0.15, 0.2) is 0 Å². The molecule has 1 aliphatic carbocycles. The summed E-state index contributed by atoms with van der Waals surface area (Å²) in [5, 5.41) is 11.7. The number of nitrogens with zero attached hydrogens (tertiary/aromatic N) is 1. The fourth-order valence-corrected chi connectivity index (χ4v) is 2.13. The minimum Gasteiger partial charge on any atom is -0.392 e. The lowest BCUT2D eigenvalue weighted by Gasteiger charge is -2.16. The molecule has 2 N–H and O–H groups in total. The van der Waals surface area contributed by atoms with Crippen LogP contribution in [0.3, 0.4) is 0 Å². The molecule has 1 heterocycles. The van der Waals surface area contributed by atoms with Crippen LogP contribution in [0.1, 0.15) is 26.2 Å². The van der Waals surface area contributed by atoms with E-state index in [4.69, 9.17) is 5.11 Å². The number of hydrogen-bond acceptors (Lipinski definition) is 3. The molecule has 5 heteroatoms. The summed E-state index contributed by atoms with van der Waals surface area (Å²) in [5.74, 6) is 0.407. The Kier molecular flexibility index (Phi) is 3.66. The molecule has 1 saturated carbocycles. The summed E-state index contributed by atoms with van der Waals surface area (Å²) in [6.07, 6.45) is 2.20. The number of hydrogen-bond donors (Lipinski definition) is 2. The molecular formula is C12H20N2O3. The van der Waals surface area contributed by atoms with E-state index < -0.39 is 6.10 Å². The Morgan fingerprint density at radius 3 is 2.88 bits per heavy atom. The first-order valence-electron chi connectivity index (χ1n) is 6.30. The van der Waals surface area contributed by atoms with Crippen LogP contribution in [0.25, 0.3) is 0 Å². The number of amides is 2. The van der Waals surface area contributed by atoms with Gasteiger partial charge in [-0.1, -0.05) is 0 Å². The first-order valence-corrected chi connectivity index (χ1v) is 6.30. The van der Waals surface area contributed by atoms with Crippen LogP contribution < -0.4 is 5.32 Å². The monoisotopic (exact) mass is 240 g/mol. The number of aliphatic hydroxyl groups excluding tert-OH is 1. The second kappa shape index (κ2) is 5.04. The molecule has 2 fully saturated rings. The quantitative estimate of drug-likeness (QED) is 0.695. The van der Waals surface area contributed by atoms with E-state index in [1.54, 1.807) is 6.92 Å². The molecule has 5 nitrogen and oxygen atoms in total. The van der Waals surface area contributed by atoms with Crippen LogP contribution >= 0.6 is 0 Å². The second-order valence-electron chi connectivity index (χ2n) is 5.24. The molecular weight excluding hydrogens is 220 g/mol. The highest BCUT2D eigenvalue weighted by Gasteiger charge is 2.36. The smallest absolute Gasteiger partial charge is 0.225 e. The molecule has 17 heavy (non-hydrogen) atoms. The van der Waals surface area contributed by atoms with Crippen molar-refractivity contribution < 1.29 is 14.7 Å². The summed E-state index contributed by atoms with van der Waals surface area (Å²) in [4.78, 5) is 25.2. The fraction of sp³-hybridized carbons (Fsp3) is 0.833. The summed E-state index contributed by atoms with van der Waals surface area (Å²) in [6.45, 7) is 3.24. The number of carbonyl (C=O) groups excluding carboxylic acids is 2. The lowest BCUT2D eigenvalue weighted by molar-refractivity contribution is -0.129. The predicted octanol–water partition coefficient (Wildman–Crippen LogP) is -0.258. The van der Waals surface area contributed by atoms with Gasteiger partial charge in [-0.25, -0.2) is 0 Å². The zero-order valence-corrected chi connectivity index (χ0v) is 10.2. The highest BCUT2D eigenvalue weighted by Crippen LogP contribution is 2.31. The minimum absolute atomic E-state index is 0.0918. The van der Waals surface area contributed by atoms with Crippen LogP contribution in [0.2, 0.25) is 0 Å². The van der Waals surface area contributed by atoms with E-state index in [0.29, 0.717) is 18.9 Å². The molecule has 0 spiro atoms. The fourth-order valence-electron chi connectivity index (χ4n) is 2.13. The van der Waals surface area contributed by atoms with E-state index in [1.165, 1.54) is 12.8 Å². The molecule has 1 aliphatic heterocycles. The molecule has 0 aromatic rings. The van der Waals surface area contributed by atoms with Gasteiger partial charge >= 0.3 is 0 Å². The number of carbonyl (C=O) groups is 2. The molecule has 96 valence electrons. The van der Waals surface area contributed by atoms with Crippen molar-refractivity contribution >= 4 is 11.8 Å². The van der Waals surface area contributed by atoms with E-state index in [2.05, 4.69) is 5.32 Å². The van der Waals surface area contributed by atoms with Gasteiger partial charge in [-0.2, -0.15) is 0 Å². The van der Waals surface area contributed by atoms with E-state index in [9.17, 15) is 9.59 Å². The van der Waals surface area contributed by atoms with Crippen molar-refractivity contribution in [2.75, 3.05) is 19.6 Å². The number of nitrogens with one attached hydrogen (secondary N) is 1. The van der Waals surface area contributed by atoms with Gasteiger partial charge in [0.25, 0.3) is 0 Å². The number of aliphatic hydroxyl groups is 1.